The zero-order valence-electron chi connectivity index (χ0n) is 19.0. The van der Waals surface area contributed by atoms with E-state index in [2.05, 4.69) is 22.0 Å². The Kier molecular flexibility index (Phi) is 7.57. The number of rotatable bonds is 8. The maximum absolute atomic E-state index is 12.1. The smallest absolute Gasteiger partial charge is 0.303 e. The molecule has 4 rings (SSSR count). The van der Waals surface area contributed by atoms with Crippen molar-refractivity contribution < 1.29 is 19.1 Å². The molecular formula is C25H29N3O4S. The van der Waals surface area contributed by atoms with Crippen LogP contribution in [0.4, 0.5) is 0 Å². The third kappa shape index (κ3) is 6.30. The molecule has 0 saturated carbocycles. The van der Waals surface area contributed by atoms with Crippen molar-refractivity contribution in [3.8, 4) is 10.9 Å². The van der Waals surface area contributed by atoms with E-state index in [1.54, 1.807) is 23.3 Å². The number of hydrogen-bond donors (Lipinski definition) is 0. The number of hydrogen-bond acceptors (Lipinski definition) is 7. The molecule has 0 unspecified atom stereocenters. The average molecular weight is 468 g/mol. The number of thiazole rings is 1. The summed E-state index contributed by atoms with van der Waals surface area (Å²) in [5.74, 6) is 0.222. The standard InChI is InChI=1S/C25H29N3O4S/c1-18(29)31-17-24(30)27(2)20-12-15-28(16-13-20)14-11-19-7-9-21(10-8-19)32-25-26-22-5-3-4-6-23(22)33-25/h3-10,20H,11-17H2,1-2H3. The molecule has 0 radical (unpaired) electrons. The zero-order valence-corrected chi connectivity index (χ0v) is 19.8. The van der Waals surface area contributed by atoms with Gasteiger partial charge in [-0.1, -0.05) is 35.6 Å². The van der Waals surface area contributed by atoms with Gasteiger partial charge in [0.05, 0.1) is 10.2 Å². The van der Waals surface area contributed by atoms with E-state index in [0.29, 0.717) is 5.19 Å². The van der Waals surface area contributed by atoms with Crippen LogP contribution in [0.15, 0.2) is 48.5 Å². The Morgan fingerprint density at radius 2 is 1.85 bits per heavy atom. The first-order chi connectivity index (χ1) is 16.0. The lowest BCUT2D eigenvalue weighted by atomic mass is 10.0. The van der Waals surface area contributed by atoms with Crippen LogP contribution < -0.4 is 4.74 Å². The number of esters is 1. The van der Waals surface area contributed by atoms with Gasteiger partial charge < -0.3 is 19.3 Å². The van der Waals surface area contributed by atoms with Crippen molar-refractivity contribution in [2.75, 3.05) is 33.3 Å². The van der Waals surface area contributed by atoms with Gasteiger partial charge in [-0.05, 0) is 49.1 Å². The number of aromatic nitrogens is 1. The molecule has 1 amide bonds. The molecular weight excluding hydrogens is 438 g/mol. The predicted octanol–water partition coefficient (Wildman–Crippen LogP) is 4.12. The van der Waals surface area contributed by atoms with E-state index < -0.39 is 5.97 Å². The molecule has 0 atom stereocenters. The number of para-hydroxylation sites is 1. The summed E-state index contributed by atoms with van der Waals surface area (Å²) in [7, 11) is 1.80. The minimum atomic E-state index is -0.428. The number of nitrogens with zero attached hydrogens (tertiary/aromatic N) is 3. The van der Waals surface area contributed by atoms with Crippen molar-refractivity contribution in [2.45, 2.75) is 32.2 Å². The third-order valence-corrected chi connectivity index (χ3v) is 6.93. The fourth-order valence-electron chi connectivity index (χ4n) is 4.01. The Hall–Kier alpha value is -2.97. The number of amides is 1. The molecule has 8 heteroatoms. The van der Waals surface area contributed by atoms with Gasteiger partial charge in [-0.2, -0.15) is 0 Å². The maximum Gasteiger partial charge on any atom is 0.303 e. The highest BCUT2D eigenvalue weighted by Gasteiger charge is 2.25. The lowest BCUT2D eigenvalue weighted by Crippen LogP contribution is -2.47. The fourth-order valence-corrected chi connectivity index (χ4v) is 4.84. The van der Waals surface area contributed by atoms with E-state index >= 15 is 0 Å². The Balaban J connectivity index is 1.21. The summed E-state index contributed by atoms with van der Waals surface area (Å²) in [6, 6.07) is 16.4. The molecule has 7 nitrogen and oxygen atoms in total. The molecule has 1 aromatic heterocycles. The Morgan fingerprint density at radius 3 is 2.55 bits per heavy atom. The number of ether oxygens (including phenoxy) is 2. The van der Waals surface area contributed by atoms with E-state index in [-0.39, 0.29) is 18.6 Å². The molecule has 3 aromatic rings. The normalized spacial score (nSPS) is 14.8. The molecule has 1 saturated heterocycles. The number of piperidine rings is 1. The highest BCUT2D eigenvalue weighted by molar-refractivity contribution is 7.20. The molecule has 0 spiro atoms. The number of likely N-dealkylation sites (tertiary alicyclic amines) is 1. The van der Waals surface area contributed by atoms with Gasteiger partial charge in [-0.3, -0.25) is 9.59 Å². The Labute approximate surface area is 197 Å². The summed E-state index contributed by atoms with van der Waals surface area (Å²) in [6.45, 7) is 4.03. The number of likely N-dealkylation sites (N-methyl/N-ethyl adjacent to an activating group) is 1. The van der Waals surface area contributed by atoms with E-state index in [9.17, 15) is 9.59 Å². The van der Waals surface area contributed by atoms with Crippen LogP contribution in [-0.4, -0.2) is 66.0 Å². The van der Waals surface area contributed by atoms with Crippen molar-refractivity contribution >= 4 is 33.4 Å². The summed E-state index contributed by atoms with van der Waals surface area (Å²) >= 11 is 1.55. The van der Waals surface area contributed by atoms with Crippen LogP contribution in [-0.2, 0) is 20.7 Å². The van der Waals surface area contributed by atoms with Gasteiger partial charge in [0.2, 0.25) is 0 Å². The minimum Gasteiger partial charge on any atom is -0.456 e. The molecule has 0 aliphatic carbocycles. The molecule has 174 valence electrons. The molecule has 0 N–H and O–H groups in total. The van der Waals surface area contributed by atoms with Crippen LogP contribution in [0.3, 0.4) is 0 Å². The molecule has 2 heterocycles. The monoisotopic (exact) mass is 467 g/mol. The van der Waals surface area contributed by atoms with Gasteiger partial charge >= 0.3 is 5.97 Å². The van der Waals surface area contributed by atoms with Gasteiger partial charge in [0, 0.05) is 39.6 Å². The molecule has 0 bridgehead atoms. The predicted molar refractivity (Wildman–Crippen MR) is 129 cm³/mol. The van der Waals surface area contributed by atoms with Crippen molar-refractivity contribution in [2.24, 2.45) is 0 Å². The Morgan fingerprint density at radius 1 is 1.12 bits per heavy atom. The molecule has 1 fully saturated rings. The van der Waals surface area contributed by atoms with Crippen molar-refractivity contribution in [3.05, 3.63) is 54.1 Å². The lowest BCUT2D eigenvalue weighted by molar-refractivity contribution is -0.151. The molecule has 33 heavy (non-hydrogen) atoms. The fraction of sp³-hybridized carbons (Fsp3) is 0.400. The van der Waals surface area contributed by atoms with Gasteiger partial charge in [-0.25, -0.2) is 4.98 Å². The number of benzene rings is 2. The first kappa shape index (κ1) is 23.2. The largest absolute Gasteiger partial charge is 0.456 e. The summed E-state index contributed by atoms with van der Waals surface area (Å²) in [5, 5.41) is 0.656. The number of carbonyl (C=O) groups is 2. The number of carbonyl (C=O) groups excluding carboxylic acids is 2. The van der Waals surface area contributed by atoms with E-state index in [1.165, 1.54) is 12.5 Å². The first-order valence-corrected chi connectivity index (χ1v) is 12.0. The first-order valence-electron chi connectivity index (χ1n) is 11.2. The maximum atomic E-state index is 12.1. The molecule has 2 aromatic carbocycles. The topological polar surface area (TPSA) is 72.0 Å². The summed E-state index contributed by atoms with van der Waals surface area (Å²) in [6.07, 6.45) is 2.82. The average Bonchev–Trinajstić information content (AvgIpc) is 3.24. The quantitative estimate of drug-likeness (QED) is 0.464. The minimum absolute atomic E-state index is 0.142. The second-order valence-electron chi connectivity index (χ2n) is 8.30. The van der Waals surface area contributed by atoms with Crippen LogP contribution in [0, 0.1) is 0 Å². The van der Waals surface area contributed by atoms with Crippen LogP contribution in [0.1, 0.15) is 25.3 Å². The van der Waals surface area contributed by atoms with E-state index in [4.69, 9.17) is 9.47 Å². The third-order valence-electron chi connectivity index (χ3n) is 6.02. The van der Waals surface area contributed by atoms with Crippen LogP contribution in [0.25, 0.3) is 10.2 Å². The van der Waals surface area contributed by atoms with Crippen LogP contribution in [0.5, 0.6) is 10.9 Å². The van der Waals surface area contributed by atoms with Gasteiger partial charge in [0.1, 0.15) is 5.75 Å². The zero-order chi connectivity index (χ0) is 23.2. The summed E-state index contributed by atoms with van der Waals surface area (Å²) < 4.78 is 11.9. The number of fused-ring (bicyclic) bond motifs is 1. The molecule has 1 aliphatic heterocycles. The summed E-state index contributed by atoms with van der Waals surface area (Å²) in [5.41, 5.74) is 2.22. The van der Waals surface area contributed by atoms with E-state index in [1.807, 2.05) is 36.4 Å². The SMILES string of the molecule is CC(=O)OCC(=O)N(C)C1CCN(CCc2ccc(Oc3nc4ccccc4s3)cc2)CC1. The highest BCUT2D eigenvalue weighted by Crippen LogP contribution is 2.31. The molecule has 1 aliphatic rings. The van der Waals surface area contributed by atoms with Gasteiger partial charge in [0.25, 0.3) is 11.1 Å². The van der Waals surface area contributed by atoms with Gasteiger partial charge in [0.15, 0.2) is 6.61 Å². The summed E-state index contributed by atoms with van der Waals surface area (Å²) in [4.78, 5) is 31.7. The lowest BCUT2D eigenvalue weighted by Gasteiger charge is -2.36. The second-order valence-corrected chi connectivity index (χ2v) is 9.29. The highest BCUT2D eigenvalue weighted by atomic mass is 32.1. The Bertz CT molecular complexity index is 1060. The van der Waals surface area contributed by atoms with Crippen molar-refractivity contribution in [1.82, 2.24) is 14.8 Å². The van der Waals surface area contributed by atoms with E-state index in [0.717, 1.165) is 54.9 Å². The van der Waals surface area contributed by atoms with Crippen molar-refractivity contribution in [3.63, 3.8) is 0 Å². The van der Waals surface area contributed by atoms with Crippen molar-refractivity contribution in [1.29, 1.82) is 0 Å². The van der Waals surface area contributed by atoms with Crippen LogP contribution in [0.2, 0.25) is 0 Å². The van der Waals surface area contributed by atoms with Gasteiger partial charge in [-0.15, -0.1) is 0 Å². The van der Waals surface area contributed by atoms with Crippen LogP contribution >= 0.6 is 11.3 Å². The second kappa shape index (κ2) is 10.8.